The molecule has 2 atom stereocenters. The Morgan fingerprint density at radius 1 is 1.33 bits per heavy atom. The van der Waals surface area contributed by atoms with E-state index in [2.05, 4.69) is 10.3 Å². The van der Waals surface area contributed by atoms with Crippen LogP contribution in [0, 0.1) is 0 Å². The third-order valence-corrected chi connectivity index (χ3v) is 3.48. The molecule has 0 saturated carbocycles. The zero-order valence-corrected chi connectivity index (χ0v) is 12.1. The molecule has 1 saturated heterocycles. The number of carboxylic acid groups (broad SMARTS) is 1. The Balaban J connectivity index is 2.12. The molecule has 2 N–H and O–H groups in total. The lowest BCUT2D eigenvalue weighted by atomic mass is 10.1. The molecule has 1 aromatic carbocycles. The van der Waals surface area contributed by atoms with Crippen molar-refractivity contribution in [1.82, 2.24) is 10.2 Å². The summed E-state index contributed by atoms with van der Waals surface area (Å²) in [4.78, 5) is 28.5. The van der Waals surface area contributed by atoms with Gasteiger partial charge in [-0.2, -0.15) is 0 Å². The van der Waals surface area contributed by atoms with E-state index >= 15 is 0 Å². The molecular formula is C15H19N3O3. The minimum Gasteiger partial charge on any atom is -0.465 e. The summed E-state index contributed by atoms with van der Waals surface area (Å²) in [6.07, 6.45) is -0.421. The van der Waals surface area contributed by atoms with Crippen molar-refractivity contribution in [2.75, 3.05) is 6.54 Å². The molecule has 1 aliphatic heterocycles. The number of amides is 2. The molecule has 1 heterocycles. The van der Waals surface area contributed by atoms with Crippen molar-refractivity contribution in [3.63, 3.8) is 0 Å². The van der Waals surface area contributed by atoms with Crippen molar-refractivity contribution in [3.8, 4) is 0 Å². The highest BCUT2D eigenvalue weighted by molar-refractivity contribution is 6.06. The van der Waals surface area contributed by atoms with Gasteiger partial charge in [0, 0.05) is 6.54 Å². The maximum Gasteiger partial charge on any atom is 0.413 e. The summed E-state index contributed by atoms with van der Waals surface area (Å²) in [6, 6.07) is 8.71. The van der Waals surface area contributed by atoms with Crippen LogP contribution in [0.2, 0.25) is 0 Å². The number of hydrogen-bond acceptors (Lipinski definition) is 3. The van der Waals surface area contributed by atoms with E-state index < -0.39 is 18.2 Å². The number of piperazine rings is 1. The van der Waals surface area contributed by atoms with Gasteiger partial charge in [-0.15, -0.1) is 0 Å². The van der Waals surface area contributed by atoms with Crippen LogP contribution >= 0.6 is 0 Å². The van der Waals surface area contributed by atoms with Crippen molar-refractivity contribution in [2.24, 2.45) is 4.99 Å². The summed E-state index contributed by atoms with van der Waals surface area (Å²) in [5.74, 6) is 0.0949. The molecule has 2 unspecified atom stereocenters. The maximum absolute atomic E-state index is 11.7. The van der Waals surface area contributed by atoms with E-state index in [0.717, 1.165) is 16.9 Å². The number of nitrogens with one attached hydrogen (secondary N) is 1. The number of hydrogen-bond donors (Lipinski definition) is 2. The molecule has 6 heteroatoms. The second kappa shape index (κ2) is 6.39. The molecule has 0 aromatic heterocycles. The van der Waals surface area contributed by atoms with Crippen molar-refractivity contribution in [3.05, 3.63) is 35.9 Å². The van der Waals surface area contributed by atoms with Gasteiger partial charge in [-0.25, -0.2) is 4.79 Å². The zero-order valence-electron chi connectivity index (χ0n) is 12.1. The fourth-order valence-electron chi connectivity index (χ4n) is 2.34. The van der Waals surface area contributed by atoms with E-state index in [0.29, 0.717) is 12.4 Å². The highest BCUT2D eigenvalue weighted by Gasteiger charge is 2.37. The number of aliphatic imine (C=N–C) groups is 1. The highest BCUT2D eigenvalue weighted by atomic mass is 16.4. The van der Waals surface area contributed by atoms with Gasteiger partial charge < -0.3 is 10.4 Å². The van der Waals surface area contributed by atoms with Crippen LogP contribution in [0.25, 0.3) is 0 Å². The average molecular weight is 289 g/mol. The van der Waals surface area contributed by atoms with Crippen LogP contribution in [0.4, 0.5) is 4.79 Å². The lowest BCUT2D eigenvalue weighted by Gasteiger charge is -2.35. The first-order valence-corrected chi connectivity index (χ1v) is 6.91. The molecule has 1 fully saturated rings. The Kier molecular flexibility index (Phi) is 4.57. The first kappa shape index (κ1) is 15.0. The number of amidine groups is 1. The average Bonchev–Trinajstić information content (AvgIpc) is 2.45. The smallest absolute Gasteiger partial charge is 0.413 e. The second-order valence-corrected chi connectivity index (χ2v) is 5.03. The monoisotopic (exact) mass is 289 g/mol. The van der Waals surface area contributed by atoms with E-state index in [1.54, 1.807) is 13.8 Å². The Morgan fingerprint density at radius 3 is 2.62 bits per heavy atom. The molecule has 2 amide bonds. The lowest BCUT2D eigenvalue weighted by Crippen LogP contribution is -2.62. The largest absolute Gasteiger partial charge is 0.465 e. The van der Waals surface area contributed by atoms with E-state index in [-0.39, 0.29) is 5.91 Å². The maximum atomic E-state index is 11.7. The number of carbonyl (C=O) groups excluding carboxylic acids is 1. The molecule has 1 aromatic rings. The van der Waals surface area contributed by atoms with Crippen molar-refractivity contribution >= 4 is 17.8 Å². The zero-order chi connectivity index (χ0) is 15.4. The van der Waals surface area contributed by atoms with Gasteiger partial charge in [0.15, 0.2) is 0 Å². The minimum atomic E-state index is -1.15. The lowest BCUT2D eigenvalue weighted by molar-refractivity contribution is -0.125. The Hall–Kier alpha value is -2.37. The molecule has 0 radical (unpaired) electrons. The van der Waals surface area contributed by atoms with Crippen molar-refractivity contribution in [2.45, 2.75) is 32.4 Å². The number of nitrogens with zero attached hydrogens (tertiary/aromatic N) is 2. The quantitative estimate of drug-likeness (QED) is 0.885. The van der Waals surface area contributed by atoms with E-state index in [4.69, 9.17) is 0 Å². The van der Waals surface area contributed by atoms with Crippen molar-refractivity contribution < 1.29 is 14.7 Å². The fraction of sp³-hybridized carbons (Fsp3) is 0.400. The van der Waals surface area contributed by atoms with Gasteiger partial charge in [-0.3, -0.25) is 14.7 Å². The molecule has 1 aliphatic rings. The van der Waals surface area contributed by atoms with Gasteiger partial charge in [0.2, 0.25) is 5.91 Å². The Bertz CT molecular complexity index is 557. The van der Waals surface area contributed by atoms with Crippen LogP contribution in [-0.2, 0) is 11.2 Å². The second-order valence-electron chi connectivity index (χ2n) is 5.03. The summed E-state index contributed by atoms with van der Waals surface area (Å²) >= 11 is 0. The third kappa shape index (κ3) is 3.39. The molecule has 0 aliphatic carbocycles. The van der Waals surface area contributed by atoms with E-state index in [1.165, 1.54) is 0 Å². The van der Waals surface area contributed by atoms with Crippen LogP contribution in [0.5, 0.6) is 0 Å². The molecule has 2 rings (SSSR count). The van der Waals surface area contributed by atoms with Gasteiger partial charge in [0.25, 0.3) is 0 Å². The van der Waals surface area contributed by atoms with Crippen LogP contribution in [-0.4, -0.2) is 46.5 Å². The van der Waals surface area contributed by atoms with Crippen LogP contribution in [0.1, 0.15) is 19.4 Å². The summed E-state index contributed by atoms with van der Waals surface area (Å²) in [5.41, 5.74) is 1.14. The summed E-state index contributed by atoms with van der Waals surface area (Å²) < 4.78 is 0. The first-order chi connectivity index (χ1) is 10.0. The predicted octanol–water partition coefficient (Wildman–Crippen LogP) is 1.51. The van der Waals surface area contributed by atoms with E-state index in [1.807, 2.05) is 30.3 Å². The number of rotatable bonds is 3. The molecule has 112 valence electrons. The highest BCUT2D eigenvalue weighted by Crippen LogP contribution is 2.12. The van der Waals surface area contributed by atoms with Gasteiger partial charge in [0.1, 0.15) is 11.9 Å². The first-order valence-electron chi connectivity index (χ1n) is 6.91. The fourth-order valence-corrected chi connectivity index (χ4v) is 2.34. The van der Waals surface area contributed by atoms with Gasteiger partial charge in [-0.1, -0.05) is 30.3 Å². The van der Waals surface area contributed by atoms with Gasteiger partial charge >= 0.3 is 6.09 Å². The summed E-state index contributed by atoms with van der Waals surface area (Å²) in [5, 5.41) is 12.0. The molecule has 6 nitrogen and oxygen atoms in total. The van der Waals surface area contributed by atoms with Gasteiger partial charge in [-0.05, 0) is 25.8 Å². The number of benzene rings is 1. The minimum absolute atomic E-state index is 0.299. The summed E-state index contributed by atoms with van der Waals surface area (Å²) in [6.45, 7) is 3.78. The Labute approximate surface area is 123 Å². The molecule has 0 bridgehead atoms. The normalized spacial score (nSPS) is 24.0. The number of carbonyl (C=O) groups is 2. The van der Waals surface area contributed by atoms with Crippen molar-refractivity contribution in [1.29, 1.82) is 0 Å². The van der Waals surface area contributed by atoms with E-state index in [9.17, 15) is 14.7 Å². The third-order valence-electron chi connectivity index (χ3n) is 3.48. The van der Waals surface area contributed by atoms with Crippen LogP contribution in [0.15, 0.2) is 35.3 Å². The molecule has 0 spiro atoms. The molecular weight excluding hydrogens is 270 g/mol. The SMILES string of the molecule is CC1NC(=O)C(C)N(C(=O)O)C1=NCCc1ccccc1. The Morgan fingerprint density at radius 2 is 2.00 bits per heavy atom. The predicted molar refractivity (Wildman–Crippen MR) is 79.4 cm³/mol. The van der Waals surface area contributed by atoms with Gasteiger partial charge in [0.05, 0.1) is 6.04 Å². The topological polar surface area (TPSA) is 82.0 Å². The van der Waals surface area contributed by atoms with Crippen LogP contribution < -0.4 is 5.32 Å². The standard InChI is InChI=1S/C15H19N3O3/c1-10-13(16-9-8-12-6-4-3-5-7-12)18(15(20)21)11(2)14(19)17-10/h3-7,10-11H,8-9H2,1-2H3,(H,17,19)(H,20,21). The van der Waals surface area contributed by atoms with Crippen LogP contribution in [0.3, 0.4) is 0 Å². The summed E-state index contributed by atoms with van der Waals surface area (Å²) in [7, 11) is 0. The molecule has 21 heavy (non-hydrogen) atoms.